The molecule has 0 aliphatic carbocycles. The van der Waals surface area contributed by atoms with Gasteiger partial charge in [0.05, 0.1) is 12.6 Å². The summed E-state index contributed by atoms with van der Waals surface area (Å²) in [5.74, 6) is 0.870. The van der Waals surface area contributed by atoms with Crippen LogP contribution in [0.25, 0.3) is 10.9 Å². The van der Waals surface area contributed by atoms with Gasteiger partial charge in [-0.05, 0) is 56.7 Å². The molecule has 0 bridgehead atoms. The Morgan fingerprint density at radius 2 is 1.83 bits per heavy atom. The second-order valence-electron chi connectivity index (χ2n) is 6.11. The molecular weight excluding hydrogens is 298 g/mol. The van der Waals surface area contributed by atoms with Crippen LogP contribution in [0.15, 0.2) is 30.5 Å². The number of hydrogen-bond acceptors (Lipinski definition) is 4. The van der Waals surface area contributed by atoms with Crippen LogP contribution in [-0.2, 0) is 0 Å². The van der Waals surface area contributed by atoms with Gasteiger partial charge in [0, 0.05) is 23.8 Å². The van der Waals surface area contributed by atoms with E-state index >= 15 is 0 Å². The summed E-state index contributed by atoms with van der Waals surface area (Å²) in [4.78, 5) is 6.91. The minimum atomic E-state index is 0.870. The number of unbranched alkanes of at least 4 members (excludes halogenated alkanes) is 3. The molecule has 4 nitrogen and oxygen atoms in total. The molecule has 0 saturated carbocycles. The Balaban J connectivity index is 1.75. The van der Waals surface area contributed by atoms with Crippen LogP contribution in [0.3, 0.4) is 0 Å². The molecule has 1 heterocycles. The molecule has 1 N–H and O–H groups in total. The highest BCUT2D eigenvalue weighted by molar-refractivity contribution is 5.92. The molecule has 2 aromatic rings. The lowest BCUT2D eigenvalue weighted by Gasteiger charge is -2.17. The SMILES string of the molecule is CCN(CC)CCCCCCNc1ccnc2ccc(OC)cc12. The Morgan fingerprint density at radius 1 is 1.04 bits per heavy atom. The molecule has 4 heteroatoms. The average molecular weight is 329 g/mol. The summed E-state index contributed by atoms with van der Waals surface area (Å²) in [6.07, 6.45) is 6.95. The first kappa shape index (κ1) is 18.5. The summed E-state index contributed by atoms with van der Waals surface area (Å²) in [5, 5.41) is 4.68. The average Bonchev–Trinajstić information content (AvgIpc) is 2.63. The van der Waals surface area contributed by atoms with Crippen LogP contribution in [0.1, 0.15) is 39.5 Å². The molecule has 0 fully saturated rings. The molecule has 1 aromatic heterocycles. The van der Waals surface area contributed by atoms with E-state index in [1.165, 1.54) is 32.2 Å². The van der Waals surface area contributed by atoms with Gasteiger partial charge in [-0.15, -0.1) is 0 Å². The van der Waals surface area contributed by atoms with E-state index in [4.69, 9.17) is 4.74 Å². The number of pyridine rings is 1. The number of ether oxygens (including phenoxy) is 1. The lowest BCUT2D eigenvalue weighted by atomic mass is 10.1. The number of methoxy groups -OCH3 is 1. The number of nitrogens with one attached hydrogen (secondary N) is 1. The first-order valence-electron chi connectivity index (χ1n) is 9.17. The van der Waals surface area contributed by atoms with Crippen molar-refractivity contribution < 1.29 is 4.74 Å². The number of fused-ring (bicyclic) bond motifs is 1. The number of rotatable bonds is 11. The molecule has 1 aromatic carbocycles. The number of aromatic nitrogens is 1. The molecular formula is C20H31N3O. The molecule has 0 amide bonds. The highest BCUT2D eigenvalue weighted by Gasteiger charge is 2.03. The predicted molar refractivity (Wildman–Crippen MR) is 103 cm³/mol. The molecule has 0 aliphatic heterocycles. The summed E-state index contributed by atoms with van der Waals surface area (Å²) < 4.78 is 5.33. The number of hydrogen-bond donors (Lipinski definition) is 1. The monoisotopic (exact) mass is 329 g/mol. The van der Waals surface area contributed by atoms with Crippen LogP contribution in [0.2, 0.25) is 0 Å². The van der Waals surface area contributed by atoms with Crippen molar-refractivity contribution in [3.63, 3.8) is 0 Å². The molecule has 0 spiro atoms. The fourth-order valence-corrected chi connectivity index (χ4v) is 2.98. The molecule has 24 heavy (non-hydrogen) atoms. The van der Waals surface area contributed by atoms with Gasteiger partial charge in [-0.3, -0.25) is 4.98 Å². The van der Waals surface area contributed by atoms with E-state index in [0.29, 0.717) is 0 Å². The Hall–Kier alpha value is -1.81. The van der Waals surface area contributed by atoms with Gasteiger partial charge in [-0.1, -0.05) is 26.7 Å². The van der Waals surface area contributed by atoms with E-state index in [1.807, 2.05) is 24.4 Å². The third-order valence-corrected chi connectivity index (χ3v) is 4.56. The van der Waals surface area contributed by atoms with Crippen LogP contribution >= 0.6 is 0 Å². The fourth-order valence-electron chi connectivity index (χ4n) is 2.98. The summed E-state index contributed by atoms with van der Waals surface area (Å²) in [5.41, 5.74) is 2.14. The third kappa shape index (κ3) is 5.38. The topological polar surface area (TPSA) is 37.4 Å². The van der Waals surface area contributed by atoms with Crippen molar-refractivity contribution in [3.05, 3.63) is 30.5 Å². The largest absolute Gasteiger partial charge is 0.497 e. The summed E-state index contributed by atoms with van der Waals surface area (Å²) >= 11 is 0. The van der Waals surface area contributed by atoms with Gasteiger partial charge in [-0.25, -0.2) is 0 Å². The molecule has 132 valence electrons. The van der Waals surface area contributed by atoms with Gasteiger partial charge < -0.3 is 15.0 Å². The zero-order valence-corrected chi connectivity index (χ0v) is 15.3. The van der Waals surface area contributed by atoms with Gasteiger partial charge in [0.25, 0.3) is 0 Å². The maximum atomic E-state index is 5.33. The number of benzene rings is 1. The normalized spacial score (nSPS) is 11.2. The summed E-state index contributed by atoms with van der Waals surface area (Å²) in [6, 6.07) is 8.05. The molecule has 2 rings (SSSR count). The van der Waals surface area contributed by atoms with Crippen molar-refractivity contribution in [2.24, 2.45) is 0 Å². The summed E-state index contributed by atoms with van der Waals surface area (Å²) in [6.45, 7) is 9.03. The second-order valence-corrected chi connectivity index (χ2v) is 6.11. The maximum Gasteiger partial charge on any atom is 0.119 e. The van der Waals surface area contributed by atoms with Crippen LogP contribution in [0.5, 0.6) is 5.75 Å². The van der Waals surface area contributed by atoms with Gasteiger partial charge in [0.15, 0.2) is 0 Å². The second kappa shape index (κ2) is 10.1. The van der Waals surface area contributed by atoms with Crippen LogP contribution < -0.4 is 10.1 Å². The van der Waals surface area contributed by atoms with E-state index in [1.54, 1.807) is 7.11 Å². The Morgan fingerprint density at radius 3 is 2.58 bits per heavy atom. The fraction of sp³-hybridized carbons (Fsp3) is 0.550. The quantitative estimate of drug-likeness (QED) is 0.613. The maximum absolute atomic E-state index is 5.33. The first-order valence-corrected chi connectivity index (χ1v) is 9.17. The first-order chi connectivity index (χ1) is 11.8. The molecule has 0 saturated heterocycles. The molecule has 0 atom stereocenters. The van der Waals surface area contributed by atoms with Crippen LogP contribution in [0.4, 0.5) is 5.69 Å². The smallest absolute Gasteiger partial charge is 0.119 e. The van der Waals surface area contributed by atoms with Gasteiger partial charge in [-0.2, -0.15) is 0 Å². The van der Waals surface area contributed by atoms with E-state index in [9.17, 15) is 0 Å². The highest BCUT2D eigenvalue weighted by Crippen LogP contribution is 2.25. The Bertz CT molecular complexity index is 611. The van der Waals surface area contributed by atoms with Crippen LogP contribution in [-0.4, -0.2) is 43.2 Å². The minimum Gasteiger partial charge on any atom is -0.497 e. The highest BCUT2D eigenvalue weighted by atomic mass is 16.5. The van der Waals surface area contributed by atoms with E-state index in [2.05, 4.69) is 35.1 Å². The zero-order valence-electron chi connectivity index (χ0n) is 15.3. The Labute approximate surface area is 146 Å². The zero-order chi connectivity index (χ0) is 17.2. The standard InChI is InChI=1S/C20H31N3O/c1-4-23(5-2)15-9-7-6-8-13-21-20-12-14-22-19-11-10-17(24-3)16-18(19)20/h10-12,14,16H,4-9,13,15H2,1-3H3,(H,21,22). The van der Waals surface area contributed by atoms with Crippen molar-refractivity contribution in [2.75, 3.05) is 38.6 Å². The third-order valence-electron chi connectivity index (χ3n) is 4.56. The Kier molecular flexibility index (Phi) is 7.83. The van der Waals surface area contributed by atoms with Crippen molar-refractivity contribution >= 4 is 16.6 Å². The van der Waals surface area contributed by atoms with Gasteiger partial charge in [0.1, 0.15) is 5.75 Å². The van der Waals surface area contributed by atoms with Gasteiger partial charge in [0.2, 0.25) is 0 Å². The number of anilines is 1. The summed E-state index contributed by atoms with van der Waals surface area (Å²) in [7, 11) is 1.70. The van der Waals surface area contributed by atoms with E-state index in [0.717, 1.165) is 42.0 Å². The van der Waals surface area contributed by atoms with Crippen LogP contribution in [0, 0.1) is 0 Å². The molecule has 0 radical (unpaired) electrons. The van der Waals surface area contributed by atoms with E-state index in [-0.39, 0.29) is 0 Å². The lowest BCUT2D eigenvalue weighted by molar-refractivity contribution is 0.295. The lowest BCUT2D eigenvalue weighted by Crippen LogP contribution is -2.23. The minimum absolute atomic E-state index is 0.870. The van der Waals surface area contributed by atoms with Gasteiger partial charge >= 0.3 is 0 Å². The van der Waals surface area contributed by atoms with Crippen molar-refractivity contribution in [2.45, 2.75) is 39.5 Å². The van der Waals surface area contributed by atoms with E-state index < -0.39 is 0 Å². The molecule has 0 unspecified atom stereocenters. The predicted octanol–water partition coefficient (Wildman–Crippen LogP) is 4.56. The number of nitrogens with zero attached hydrogens (tertiary/aromatic N) is 2. The van der Waals surface area contributed by atoms with Crippen molar-refractivity contribution in [3.8, 4) is 5.75 Å². The van der Waals surface area contributed by atoms with Crippen molar-refractivity contribution in [1.82, 2.24) is 9.88 Å². The molecule has 0 aliphatic rings. The van der Waals surface area contributed by atoms with Crippen molar-refractivity contribution in [1.29, 1.82) is 0 Å².